The van der Waals surface area contributed by atoms with Gasteiger partial charge in [-0.2, -0.15) is 0 Å². The molecule has 0 saturated heterocycles. The van der Waals surface area contributed by atoms with Gasteiger partial charge in [0.2, 0.25) is 0 Å². The van der Waals surface area contributed by atoms with Gasteiger partial charge in [-0.25, -0.2) is 0 Å². The number of fused-ring (bicyclic) bond motifs is 5. The molecule has 4 nitrogen and oxygen atoms in total. The van der Waals surface area contributed by atoms with Gasteiger partial charge in [0.05, 0.1) is 12.5 Å². The summed E-state index contributed by atoms with van der Waals surface area (Å²) in [6.45, 7) is 4.66. The van der Waals surface area contributed by atoms with Crippen molar-refractivity contribution in [3.63, 3.8) is 0 Å². The van der Waals surface area contributed by atoms with E-state index in [2.05, 4.69) is 26.0 Å². The first-order valence-electron chi connectivity index (χ1n) is 11.6. The lowest BCUT2D eigenvalue weighted by atomic mass is 9.47. The predicted octanol–water partition coefficient (Wildman–Crippen LogP) is 4.30. The van der Waals surface area contributed by atoms with E-state index in [9.17, 15) is 14.7 Å². The zero-order chi connectivity index (χ0) is 21.5. The largest absolute Gasteiger partial charge is 0.396 e. The first-order chi connectivity index (χ1) is 14.3. The second-order valence-electron chi connectivity index (χ2n) is 10.5. The van der Waals surface area contributed by atoms with E-state index in [1.807, 2.05) is 6.08 Å². The fourth-order valence-corrected chi connectivity index (χ4v) is 8.37. The molecule has 0 aromatic heterocycles. The summed E-state index contributed by atoms with van der Waals surface area (Å²) in [7, 11) is 0. The molecule has 30 heavy (non-hydrogen) atoms. The fourth-order valence-electron chi connectivity index (χ4n) is 6.91. The maximum Gasteiger partial charge on any atom is 0.194 e. The number of rotatable bonds is 6. The molecule has 1 unspecified atom stereocenters. The van der Waals surface area contributed by atoms with Crippen molar-refractivity contribution in [1.82, 2.24) is 0 Å². The fraction of sp³-hybridized carbons (Fsp3) is 0.760. The van der Waals surface area contributed by atoms with Crippen molar-refractivity contribution >= 4 is 22.7 Å². The van der Waals surface area contributed by atoms with Crippen LogP contribution in [-0.2, 0) is 9.59 Å². The molecule has 166 valence electrons. The van der Waals surface area contributed by atoms with Crippen molar-refractivity contribution in [3.8, 4) is 0 Å². The van der Waals surface area contributed by atoms with Crippen molar-refractivity contribution in [2.24, 2.45) is 34.5 Å². The highest BCUT2D eigenvalue weighted by Gasteiger charge is 2.58. The van der Waals surface area contributed by atoms with Crippen LogP contribution < -0.4 is 0 Å². The highest BCUT2D eigenvalue weighted by atomic mass is 32.2. The van der Waals surface area contributed by atoms with E-state index in [0.717, 1.165) is 19.3 Å². The molecule has 4 aliphatic carbocycles. The van der Waals surface area contributed by atoms with E-state index < -0.39 is 5.92 Å². The molecule has 4 rings (SSSR count). The summed E-state index contributed by atoms with van der Waals surface area (Å²) in [6.07, 6.45) is 13.6. The van der Waals surface area contributed by atoms with Crippen LogP contribution in [0, 0.1) is 34.5 Å². The van der Waals surface area contributed by atoms with Gasteiger partial charge in [0, 0.05) is 18.3 Å². The summed E-state index contributed by atoms with van der Waals surface area (Å²) < 4.78 is 0. The van der Waals surface area contributed by atoms with Gasteiger partial charge in [-0.15, -0.1) is 0 Å². The van der Waals surface area contributed by atoms with Gasteiger partial charge in [-0.3, -0.25) is 9.59 Å². The second-order valence-corrected chi connectivity index (χ2v) is 11.8. The highest BCUT2D eigenvalue weighted by Crippen LogP contribution is 2.65. The number of aliphatic hydroxyl groups excluding tert-OH is 2. The summed E-state index contributed by atoms with van der Waals surface area (Å²) in [6, 6.07) is 0. The molecule has 0 aromatic rings. The Hall–Kier alpha value is -0.910. The number of carbonyl (C=O) groups excluding carboxylic acids is 2. The third kappa shape index (κ3) is 3.75. The standard InChI is InChI=1S/C25H36O4S/c1-24-9-3-6-19(24)22-20(8-10-24)25(2)11-7-18(28)13-17(25)14-21(22)30-23(29)16(15-27)5-4-12-26/h3,6,13,16,19-22,26-27H,4-5,7-12,14-15H2,1-2H3/t16?,19-,20-,21+,22-,24-,25-/m0/s1. The lowest BCUT2D eigenvalue weighted by Crippen LogP contribution is -2.54. The number of allylic oxidation sites excluding steroid dienone is 4. The van der Waals surface area contributed by atoms with Crippen LogP contribution >= 0.6 is 11.8 Å². The molecule has 0 aliphatic heterocycles. The van der Waals surface area contributed by atoms with E-state index in [0.29, 0.717) is 42.4 Å². The molecule has 0 radical (unpaired) electrons. The molecule has 0 aromatic carbocycles. The molecule has 0 bridgehead atoms. The predicted molar refractivity (Wildman–Crippen MR) is 120 cm³/mol. The number of hydrogen-bond donors (Lipinski definition) is 2. The van der Waals surface area contributed by atoms with Crippen molar-refractivity contribution < 1.29 is 19.8 Å². The molecular weight excluding hydrogens is 396 g/mol. The molecule has 2 saturated carbocycles. The Labute approximate surface area is 184 Å². The summed E-state index contributed by atoms with van der Waals surface area (Å²) in [5.41, 5.74) is 1.62. The highest BCUT2D eigenvalue weighted by molar-refractivity contribution is 8.14. The van der Waals surface area contributed by atoms with E-state index in [-0.39, 0.29) is 34.8 Å². The van der Waals surface area contributed by atoms with Crippen LogP contribution in [0.5, 0.6) is 0 Å². The summed E-state index contributed by atoms with van der Waals surface area (Å²) in [4.78, 5) is 25.4. The topological polar surface area (TPSA) is 74.6 Å². The minimum Gasteiger partial charge on any atom is -0.396 e. The van der Waals surface area contributed by atoms with Crippen molar-refractivity contribution in [2.45, 2.75) is 70.5 Å². The number of hydrogen-bond acceptors (Lipinski definition) is 5. The minimum absolute atomic E-state index is 0.0428. The molecule has 2 N–H and O–H groups in total. The van der Waals surface area contributed by atoms with E-state index in [1.54, 1.807) is 0 Å². The smallest absolute Gasteiger partial charge is 0.194 e. The van der Waals surface area contributed by atoms with Gasteiger partial charge in [0.25, 0.3) is 0 Å². The van der Waals surface area contributed by atoms with Crippen LogP contribution in [0.15, 0.2) is 23.8 Å². The van der Waals surface area contributed by atoms with Crippen LogP contribution in [0.25, 0.3) is 0 Å². The number of aliphatic hydroxyl groups is 2. The summed E-state index contributed by atoms with van der Waals surface area (Å²) in [5, 5.41) is 19.1. The van der Waals surface area contributed by atoms with Crippen LogP contribution in [0.3, 0.4) is 0 Å². The zero-order valence-electron chi connectivity index (χ0n) is 18.3. The monoisotopic (exact) mass is 432 g/mol. The third-order valence-corrected chi connectivity index (χ3v) is 10.1. The van der Waals surface area contributed by atoms with E-state index >= 15 is 0 Å². The van der Waals surface area contributed by atoms with Crippen molar-refractivity contribution in [3.05, 3.63) is 23.8 Å². The summed E-state index contributed by atoms with van der Waals surface area (Å²) in [5.74, 6) is 1.24. The lowest BCUT2D eigenvalue weighted by molar-refractivity contribution is -0.117. The molecular formula is C25H36O4S. The SMILES string of the molecule is C[C@@]12CC=C[C@H]1[C@@H]1[C@H](SC(=O)C(CO)CCCO)CC3=CC(=O)CC[C@]3(C)[C@H]1CC2. The van der Waals surface area contributed by atoms with Crippen molar-refractivity contribution in [2.75, 3.05) is 13.2 Å². The number of carbonyl (C=O) groups is 2. The number of ketones is 1. The average Bonchev–Trinajstić information content (AvgIpc) is 3.11. The molecule has 2 fully saturated rings. The Balaban J connectivity index is 1.65. The van der Waals surface area contributed by atoms with E-state index in [1.165, 1.54) is 30.2 Å². The molecule has 0 heterocycles. The molecule has 0 spiro atoms. The maximum atomic E-state index is 13.1. The van der Waals surface area contributed by atoms with Crippen LogP contribution in [0.4, 0.5) is 0 Å². The van der Waals surface area contributed by atoms with Gasteiger partial charge in [-0.1, -0.05) is 43.3 Å². The van der Waals surface area contributed by atoms with Gasteiger partial charge in [0.15, 0.2) is 10.9 Å². The van der Waals surface area contributed by atoms with Crippen LogP contribution in [0.2, 0.25) is 0 Å². The maximum absolute atomic E-state index is 13.1. The Bertz CT molecular complexity index is 758. The first kappa shape index (κ1) is 22.3. The Kier molecular flexibility index (Phi) is 6.36. The normalized spacial score (nSPS) is 40.9. The first-order valence-corrected chi connectivity index (χ1v) is 12.5. The lowest BCUT2D eigenvalue weighted by Gasteiger charge is -2.59. The third-order valence-electron chi connectivity index (χ3n) is 8.80. The molecule has 0 amide bonds. The van der Waals surface area contributed by atoms with Gasteiger partial charge in [0.1, 0.15) is 0 Å². The molecule has 4 aliphatic rings. The van der Waals surface area contributed by atoms with Crippen LogP contribution in [-0.4, -0.2) is 39.6 Å². The molecule has 7 atom stereocenters. The van der Waals surface area contributed by atoms with Gasteiger partial charge < -0.3 is 10.2 Å². The Morgan fingerprint density at radius 2 is 2.10 bits per heavy atom. The van der Waals surface area contributed by atoms with E-state index in [4.69, 9.17) is 5.11 Å². The second kappa shape index (κ2) is 8.55. The minimum atomic E-state index is -0.412. The Morgan fingerprint density at radius 3 is 2.83 bits per heavy atom. The number of thioether (sulfide) groups is 1. The average molecular weight is 433 g/mol. The summed E-state index contributed by atoms with van der Waals surface area (Å²) >= 11 is 1.43. The quantitative estimate of drug-likeness (QED) is 0.612. The van der Waals surface area contributed by atoms with Crippen LogP contribution in [0.1, 0.15) is 65.2 Å². The van der Waals surface area contributed by atoms with Gasteiger partial charge in [-0.05, 0) is 79.6 Å². The zero-order valence-corrected chi connectivity index (χ0v) is 19.1. The Morgan fingerprint density at radius 1 is 1.30 bits per heavy atom. The molecule has 5 heteroatoms. The van der Waals surface area contributed by atoms with Crippen molar-refractivity contribution in [1.29, 1.82) is 0 Å². The van der Waals surface area contributed by atoms with Gasteiger partial charge >= 0.3 is 0 Å².